The molecule has 3 nitrogen and oxygen atoms in total. The second kappa shape index (κ2) is 3.06. The fourth-order valence-corrected chi connectivity index (χ4v) is 1.03. The zero-order valence-corrected chi connectivity index (χ0v) is 7.08. The SMILES string of the molecule is O=C(O)c1[nH]c(=S)ccc1S. The van der Waals surface area contributed by atoms with Crippen LogP contribution in [0.1, 0.15) is 10.5 Å². The largest absolute Gasteiger partial charge is 0.477 e. The van der Waals surface area contributed by atoms with E-state index in [1.54, 1.807) is 12.1 Å². The molecule has 0 amide bonds. The molecule has 0 aromatic carbocycles. The van der Waals surface area contributed by atoms with Crippen LogP contribution in [-0.2, 0) is 0 Å². The predicted molar refractivity (Wildman–Crippen MR) is 45.8 cm³/mol. The number of nitrogens with one attached hydrogen (secondary N) is 1. The van der Waals surface area contributed by atoms with Gasteiger partial charge >= 0.3 is 5.97 Å². The van der Waals surface area contributed by atoms with Crippen LogP contribution < -0.4 is 0 Å². The lowest BCUT2D eigenvalue weighted by Crippen LogP contribution is -2.01. The first-order chi connectivity index (χ1) is 5.11. The van der Waals surface area contributed by atoms with Crippen LogP contribution in [0.2, 0.25) is 0 Å². The molecule has 11 heavy (non-hydrogen) atoms. The van der Waals surface area contributed by atoms with Gasteiger partial charge in [0.2, 0.25) is 0 Å². The van der Waals surface area contributed by atoms with Crippen molar-refractivity contribution in [3.8, 4) is 0 Å². The summed E-state index contributed by atoms with van der Waals surface area (Å²) < 4.78 is 0.389. The van der Waals surface area contributed by atoms with Gasteiger partial charge in [0.25, 0.3) is 0 Å². The van der Waals surface area contributed by atoms with Crippen LogP contribution in [0.3, 0.4) is 0 Å². The Morgan fingerprint density at radius 3 is 2.73 bits per heavy atom. The lowest BCUT2D eigenvalue weighted by molar-refractivity contribution is 0.0686. The van der Waals surface area contributed by atoms with E-state index in [0.29, 0.717) is 9.54 Å². The molecule has 0 fully saturated rings. The monoisotopic (exact) mass is 187 g/mol. The van der Waals surface area contributed by atoms with Crippen molar-refractivity contribution in [3.05, 3.63) is 22.5 Å². The van der Waals surface area contributed by atoms with Gasteiger partial charge < -0.3 is 10.1 Å². The van der Waals surface area contributed by atoms with Crippen molar-refractivity contribution in [2.24, 2.45) is 0 Å². The standard InChI is InChI=1S/C6H5NO2S2/c8-6(9)5-3(10)1-2-4(11)7-5/h1-2,10H,(H,7,11)(H,8,9). The van der Waals surface area contributed by atoms with Crippen LogP contribution >= 0.6 is 24.8 Å². The smallest absolute Gasteiger partial charge is 0.353 e. The molecule has 0 spiro atoms. The molecule has 0 aliphatic rings. The van der Waals surface area contributed by atoms with Crippen LogP contribution in [0.15, 0.2) is 17.0 Å². The maximum atomic E-state index is 10.4. The van der Waals surface area contributed by atoms with Crippen LogP contribution in [-0.4, -0.2) is 16.1 Å². The Balaban J connectivity index is 3.35. The maximum Gasteiger partial charge on any atom is 0.353 e. The van der Waals surface area contributed by atoms with Crippen molar-refractivity contribution >= 4 is 30.8 Å². The van der Waals surface area contributed by atoms with Crippen molar-refractivity contribution in [1.29, 1.82) is 0 Å². The van der Waals surface area contributed by atoms with Crippen molar-refractivity contribution in [2.45, 2.75) is 4.90 Å². The number of hydrogen-bond acceptors (Lipinski definition) is 3. The van der Waals surface area contributed by atoms with Crippen molar-refractivity contribution in [3.63, 3.8) is 0 Å². The summed E-state index contributed by atoms with van der Waals surface area (Å²) in [6, 6.07) is 3.13. The molecule has 1 aromatic rings. The summed E-state index contributed by atoms with van der Waals surface area (Å²) in [5, 5.41) is 8.56. The van der Waals surface area contributed by atoms with E-state index in [4.69, 9.17) is 17.3 Å². The number of hydrogen-bond donors (Lipinski definition) is 3. The molecule has 0 saturated carbocycles. The van der Waals surface area contributed by atoms with Crippen molar-refractivity contribution in [1.82, 2.24) is 4.98 Å². The van der Waals surface area contributed by atoms with Gasteiger partial charge in [0.05, 0.1) is 0 Å². The normalized spacial score (nSPS) is 9.55. The molecule has 0 aliphatic heterocycles. The minimum absolute atomic E-state index is 0.0285. The summed E-state index contributed by atoms with van der Waals surface area (Å²) in [5.74, 6) is -1.05. The Morgan fingerprint density at radius 1 is 1.64 bits per heavy atom. The molecule has 58 valence electrons. The van der Waals surface area contributed by atoms with E-state index >= 15 is 0 Å². The second-order valence-corrected chi connectivity index (χ2v) is 2.81. The van der Waals surface area contributed by atoms with Crippen molar-refractivity contribution < 1.29 is 9.90 Å². The van der Waals surface area contributed by atoms with Gasteiger partial charge in [0, 0.05) is 4.90 Å². The van der Waals surface area contributed by atoms with E-state index in [-0.39, 0.29) is 5.69 Å². The predicted octanol–water partition coefficient (Wildman–Crippen LogP) is 1.73. The Labute approximate surface area is 73.5 Å². The fraction of sp³-hybridized carbons (Fsp3) is 0. The highest BCUT2D eigenvalue weighted by molar-refractivity contribution is 7.80. The number of aromatic nitrogens is 1. The molecule has 1 rings (SSSR count). The van der Waals surface area contributed by atoms with Crippen molar-refractivity contribution in [2.75, 3.05) is 0 Å². The maximum absolute atomic E-state index is 10.4. The number of carboxylic acid groups (broad SMARTS) is 1. The number of aromatic carboxylic acids is 1. The average molecular weight is 187 g/mol. The highest BCUT2D eigenvalue weighted by Crippen LogP contribution is 2.09. The molecule has 5 heteroatoms. The van der Waals surface area contributed by atoms with E-state index in [1.807, 2.05) is 0 Å². The number of thiol groups is 1. The number of aromatic amines is 1. The zero-order valence-electron chi connectivity index (χ0n) is 5.37. The minimum atomic E-state index is -1.05. The highest BCUT2D eigenvalue weighted by Gasteiger charge is 2.05. The number of H-pyrrole nitrogens is 1. The molecule has 1 aromatic heterocycles. The molecular formula is C6H5NO2S2. The summed E-state index contributed by atoms with van der Waals surface area (Å²) in [4.78, 5) is 13.3. The highest BCUT2D eigenvalue weighted by atomic mass is 32.1. The minimum Gasteiger partial charge on any atom is -0.477 e. The molecular weight excluding hydrogens is 182 g/mol. The summed E-state index contributed by atoms with van der Waals surface area (Å²) in [6.45, 7) is 0. The average Bonchev–Trinajstić information content (AvgIpc) is 1.94. The molecule has 0 unspecified atom stereocenters. The third-order valence-corrected chi connectivity index (χ3v) is 1.72. The number of rotatable bonds is 1. The Kier molecular flexibility index (Phi) is 2.31. The molecule has 0 bridgehead atoms. The third kappa shape index (κ3) is 1.81. The van der Waals surface area contributed by atoms with E-state index < -0.39 is 5.97 Å². The van der Waals surface area contributed by atoms with Gasteiger partial charge in [0.1, 0.15) is 10.3 Å². The van der Waals surface area contributed by atoms with E-state index in [0.717, 1.165) is 0 Å². The van der Waals surface area contributed by atoms with Gasteiger partial charge in [-0.3, -0.25) is 0 Å². The van der Waals surface area contributed by atoms with Gasteiger partial charge in [-0.15, -0.1) is 12.6 Å². The van der Waals surface area contributed by atoms with Crippen LogP contribution in [0, 0.1) is 4.64 Å². The Bertz CT molecular complexity index is 345. The van der Waals surface area contributed by atoms with Gasteiger partial charge in [-0.2, -0.15) is 0 Å². The lowest BCUT2D eigenvalue weighted by atomic mass is 10.3. The number of carboxylic acids is 1. The van der Waals surface area contributed by atoms with E-state index in [9.17, 15) is 4.79 Å². The van der Waals surface area contributed by atoms with Crippen LogP contribution in [0.25, 0.3) is 0 Å². The zero-order chi connectivity index (χ0) is 8.43. The Morgan fingerprint density at radius 2 is 2.27 bits per heavy atom. The van der Waals surface area contributed by atoms with Gasteiger partial charge in [0.15, 0.2) is 0 Å². The summed E-state index contributed by atoms with van der Waals surface area (Å²) in [6.07, 6.45) is 0. The molecule has 0 radical (unpaired) electrons. The van der Waals surface area contributed by atoms with Gasteiger partial charge in [-0.1, -0.05) is 12.2 Å². The molecule has 2 N–H and O–H groups in total. The summed E-state index contributed by atoms with van der Waals surface area (Å²) in [5.41, 5.74) is 0.0285. The number of pyridine rings is 1. The first-order valence-electron chi connectivity index (χ1n) is 2.77. The van der Waals surface area contributed by atoms with E-state index in [2.05, 4.69) is 17.6 Å². The van der Waals surface area contributed by atoms with E-state index in [1.165, 1.54) is 0 Å². The topological polar surface area (TPSA) is 53.1 Å². The van der Waals surface area contributed by atoms with Gasteiger partial charge in [-0.25, -0.2) is 4.79 Å². The number of carbonyl (C=O) groups is 1. The van der Waals surface area contributed by atoms with Crippen LogP contribution in [0.4, 0.5) is 0 Å². The fourth-order valence-electron chi connectivity index (χ4n) is 0.630. The molecule has 0 aliphatic carbocycles. The first-order valence-corrected chi connectivity index (χ1v) is 3.62. The second-order valence-electron chi connectivity index (χ2n) is 1.89. The van der Waals surface area contributed by atoms with Crippen LogP contribution in [0.5, 0.6) is 0 Å². The summed E-state index contributed by atoms with van der Waals surface area (Å²) >= 11 is 8.65. The molecule has 0 saturated heterocycles. The molecule has 0 atom stereocenters. The first kappa shape index (κ1) is 8.29. The summed E-state index contributed by atoms with van der Waals surface area (Å²) in [7, 11) is 0. The molecule has 1 heterocycles. The Hall–Kier alpha value is -0.810. The third-order valence-electron chi connectivity index (χ3n) is 1.11. The van der Waals surface area contributed by atoms with Gasteiger partial charge in [-0.05, 0) is 12.1 Å². The lowest BCUT2D eigenvalue weighted by Gasteiger charge is -1.97. The quantitative estimate of drug-likeness (QED) is 0.463.